The van der Waals surface area contributed by atoms with Crippen LogP contribution in [0.2, 0.25) is 0 Å². The van der Waals surface area contributed by atoms with Gasteiger partial charge < -0.3 is 35.3 Å². The number of carboxylic acids is 2. The van der Waals surface area contributed by atoms with Gasteiger partial charge in [-0.25, -0.2) is 4.79 Å². The van der Waals surface area contributed by atoms with Gasteiger partial charge in [0.15, 0.2) is 5.76 Å². The van der Waals surface area contributed by atoms with Gasteiger partial charge in [-0.3, -0.25) is 4.99 Å². The van der Waals surface area contributed by atoms with E-state index in [1.54, 1.807) is 0 Å². The van der Waals surface area contributed by atoms with E-state index in [0.717, 1.165) is 0 Å². The standard InChI is InChI=1S/C14H20N2O7/c1-3-8(13(20)21)16-10-5-14(22,7-17)4-9(12(10)23-2)15-6-11(18)19/h3,16-17,22H,4-7H2,1-2H3,(H,18,19)(H,20,21)/p-1/b8-3-,15-9?. The Kier molecular flexibility index (Phi) is 6.28. The van der Waals surface area contributed by atoms with E-state index in [1.807, 2.05) is 0 Å². The third-order valence-corrected chi connectivity index (χ3v) is 3.24. The number of carbonyl (C=O) groups is 2. The molecule has 0 bridgehead atoms. The van der Waals surface area contributed by atoms with E-state index >= 15 is 0 Å². The van der Waals surface area contributed by atoms with Crippen LogP contribution in [0.5, 0.6) is 0 Å². The molecule has 0 aliphatic heterocycles. The van der Waals surface area contributed by atoms with Crippen LogP contribution in [-0.2, 0) is 14.3 Å². The van der Waals surface area contributed by atoms with Gasteiger partial charge in [0, 0.05) is 12.8 Å². The van der Waals surface area contributed by atoms with E-state index in [2.05, 4.69) is 10.3 Å². The van der Waals surface area contributed by atoms with Crippen molar-refractivity contribution in [1.29, 1.82) is 0 Å². The molecule has 23 heavy (non-hydrogen) atoms. The number of methoxy groups -OCH3 is 1. The van der Waals surface area contributed by atoms with Gasteiger partial charge >= 0.3 is 5.97 Å². The Labute approximate surface area is 132 Å². The van der Waals surface area contributed by atoms with Crippen LogP contribution in [-0.4, -0.2) is 58.8 Å². The van der Waals surface area contributed by atoms with E-state index < -0.39 is 30.7 Å². The van der Waals surface area contributed by atoms with E-state index in [9.17, 15) is 24.9 Å². The largest absolute Gasteiger partial charge is 0.548 e. The van der Waals surface area contributed by atoms with Crippen molar-refractivity contribution in [2.24, 2.45) is 4.99 Å². The molecule has 0 heterocycles. The maximum absolute atomic E-state index is 11.1. The number of allylic oxidation sites excluding steroid dienone is 2. The fraction of sp³-hybridized carbons (Fsp3) is 0.500. The Bertz CT molecular complexity index is 580. The number of hydrogen-bond acceptors (Lipinski definition) is 8. The van der Waals surface area contributed by atoms with Crippen LogP contribution in [0.3, 0.4) is 0 Å². The number of hydrogen-bond donors (Lipinski definition) is 4. The minimum absolute atomic E-state index is 0.0999. The zero-order chi connectivity index (χ0) is 17.6. The number of aliphatic carboxylic acids is 2. The van der Waals surface area contributed by atoms with Gasteiger partial charge in [-0.05, 0) is 6.92 Å². The van der Waals surface area contributed by atoms with Crippen LogP contribution in [0.1, 0.15) is 19.8 Å². The van der Waals surface area contributed by atoms with Gasteiger partial charge in [-0.15, -0.1) is 0 Å². The van der Waals surface area contributed by atoms with Gasteiger partial charge in [0.25, 0.3) is 0 Å². The molecule has 0 amide bonds. The van der Waals surface area contributed by atoms with Gasteiger partial charge in [-0.1, -0.05) is 6.08 Å². The molecule has 0 saturated heterocycles. The van der Waals surface area contributed by atoms with Crippen molar-refractivity contribution < 1.29 is 34.8 Å². The lowest BCUT2D eigenvalue weighted by atomic mass is 9.85. The minimum Gasteiger partial charge on any atom is -0.548 e. The fourth-order valence-electron chi connectivity index (χ4n) is 2.19. The molecule has 0 radical (unpaired) electrons. The summed E-state index contributed by atoms with van der Waals surface area (Å²) in [5, 5.41) is 42.0. The highest BCUT2D eigenvalue weighted by atomic mass is 16.5. The molecule has 9 nitrogen and oxygen atoms in total. The molecule has 0 aromatic carbocycles. The Balaban J connectivity index is 3.30. The fourth-order valence-corrected chi connectivity index (χ4v) is 2.19. The summed E-state index contributed by atoms with van der Waals surface area (Å²) < 4.78 is 5.17. The lowest BCUT2D eigenvalue weighted by Crippen LogP contribution is -2.44. The predicted molar refractivity (Wildman–Crippen MR) is 77.1 cm³/mol. The molecule has 0 aromatic rings. The monoisotopic (exact) mass is 327 g/mol. The molecule has 128 valence electrons. The second-order valence-corrected chi connectivity index (χ2v) is 5.02. The van der Waals surface area contributed by atoms with Crippen molar-refractivity contribution >= 4 is 17.7 Å². The molecule has 1 aliphatic carbocycles. The zero-order valence-corrected chi connectivity index (χ0v) is 12.8. The van der Waals surface area contributed by atoms with Gasteiger partial charge in [0.1, 0.15) is 5.70 Å². The number of carbonyl (C=O) groups excluding carboxylic acids is 1. The maximum atomic E-state index is 11.1. The topological polar surface area (TPSA) is 152 Å². The van der Waals surface area contributed by atoms with Crippen molar-refractivity contribution in [2.75, 3.05) is 20.3 Å². The molecule has 0 spiro atoms. The number of nitrogens with zero attached hydrogens (tertiary/aromatic N) is 1. The zero-order valence-electron chi connectivity index (χ0n) is 12.8. The van der Waals surface area contributed by atoms with Crippen LogP contribution in [0.4, 0.5) is 0 Å². The highest BCUT2D eigenvalue weighted by Crippen LogP contribution is 2.30. The Hall–Kier alpha value is -2.39. The summed E-state index contributed by atoms with van der Waals surface area (Å²) in [5.74, 6) is -2.51. The first-order valence-corrected chi connectivity index (χ1v) is 6.77. The lowest BCUT2D eigenvalue weighted by molar-refractivity contribution is -0.303. The second-order valence-electron chi connectivity index (χ2n) is 5.02. The molecule has 9 heteroatoms. The molecular weight excluding hydrogens is 308 g/mol. The van der Waals surface area contributed by atoms with Crippen molar-refractivity contribution in [3.63, 3.8) is 0 Å². The normalized spacial score (nSPS) is 23.8. The van der Waals surface area contributed by atoms with Crippen LogP contribution in [0.15, 0.2) is 28.2 Å². The number of aliphatic hydroxyl groups is 2. The summed E-state index contributed by atoms with van der Waals surface area (Å²) in [4.78, 5) is 25.5. The molecule has 0 saturated carbocycles. The summed E-state index contributed by atoms with van der Waals surface area (Å²) in [7, 11) is 1.31. The van der Waals surface area contributed by atoms with E-state index in [4.69, 9.17) is 9.84 Å². The van der Waals surface area contributed by atoms with E-state index in [1.165, 1.54) is 20.1 Å². The van der Waals surface area contributed by atoms with Gasteiger partial charge in [0.05, 0.1) is 43.2 Å². The maximum Gasteiger partial charge on any atom is 0.351 e. The average Bonchev–Trinajstić information content (AvgIpc) is 2.49. The first-order chi connectivity index (χ1) is 10.8. The molecule has 0 aromatic heterocycles. The SMILES string of the molecule is C/C=C(\NC1=C(OC)C(=NCC(=O)[O-])CC(O)(CO)C1)C(=O)O. The first kappa shape index (κ1) is 18.7. The molecule has 0 fully saturated rings. The predicted octanol–water partition coefficient (Wildman–Crippen LogP) is -1.87. The summed E-state index contributed by atoms with van der Waals surface area (Å²) in [6.45, 7) is 0.250. The summed E-state index contributed by atoms with van der Waals surface area (Å²) >= 11 is 0. The van der Waals surface area contributed by atoms with Crippen molar-refractivity contribution in [1.82, 2.24) is 5.32 Å². The average molecular weight is 327 g/mol. The molecule has 1 aliphatic rings. The van der Waals surface area contributed by atoms with Crippen LogP contribution in [0, 0.1) is 0 Å². The number of nitrogens with one attached hydrogen (secondary N) is 1. The van der Waals surface area contributed by atoms with Gasteiger partial charge in [0.2, 0.25) is 0 Å². The summed E-state index contributed by atoms with van der Waals surface area (Å²) in [6, 6.07) is 0. The number of aliphatic imine (C=N–C) groups is 1. The molecule has 4 N–H and O–H groups in total. The summed E-state index contributed by atoms with van der Waals surface area (Å²) in [5.41, 5.74) is -1.48. The lowest BCUT2D eigenvalue weighted by Gasteiger charge is -2.34. The third-order valence-electron chi connectivity index (χ3n) is 3.24. The third kappa shape index (κ3) is 4.80. The Morgan fingerprint density at radius 1 is 1.48 bits per heavy atom. The Morgan fingerprint density at radius 3 is 2.57 bits per heavy atom. The van der Waals surface area contributed by atoms with Gasteiger partial charge in [-0.2, -0.15) is 0 Å². The minimum atomic E-state index is -1.60. The molecule has 1 rings (SSSR count). The number of rotatable bonds is 7. The summed E-state index contributed by atoms with van der Waals surface area (Å²) in [6.07, 6.45) is 1.07. The number of ether oxygens (including phenoxy) is 1. The number of aliphatic hydroxyl groups excluding tert-OH is 1. The molecular formula is C14H19N2O7-. The first-order valence-electron chi connectivity index (χ1n) is 6.77. The van der Waals surface area contributed by atoms with Crippen LogP contribution < -0.4 is 10.4 Å². The van der Waals surface area contributed by atoms with Crippen molar-refractivity contribution in [2.45, 2.75) is 25.4 Å². The van der Waals surface area contributed by atoms with Crippen molar-refractivity contribution in [3.8, 4) is 0 Å². The quantitative estimate of drug-likeness (QED) is 0.397. The van der Waals surface area contributed by atoms with E-state index in [0.29, 0.717) is 0 Å². The Morgan fingerprint density at radius 2 is 2.13 bits per heavy atom. The van der Waals surface area contributed by atoms with E-state index in [-0.39, 0.29) is 35.7 Å². The highest BCUT2D eigenvalue weighted by Gasteiger charge is 2.38. The van der Waals surface area contributed by atoms with Crippen molar-refractivity contribution in [3.05, 3.63) is 23.2 Å². The van der Waals surface area contributed by atoms with Crippen LogP contribution in [0.25, 0.3) is 0 Å². The molecule has 1 atom stereocenters. The highest BCUT2D eigenvalue weighted by molar-refractivity contribution is 6.01. The number of carboxylic acid groups (broad SMARTS) is 2. The second kappa shape index (κ2) is 7.75. The molecule has 1 unspecified atom stereocenters. The smallest absolute Gasteiger partial charge is 0.351 e. The van der Waals surface area contributed by atoms with Crippen LogP contribution >= 0.6 is 0 Å².